The summed E-state index contributed by atoms with van der Waals surface area (Å²) < 4.78 is 34.0. The average molecular weight is 257 g/mol. The minimum absolute atomic E-state index is 0.0388. The van der Waals surface area contributed by atoms with Gasteiger partial charge in [0.1, 0.15) is 0 Å². The second kappa shape index (κ2) is 4.78. The van der Waals surface area contributed by atoms with Crippen LogP contribution in [0, 0.1) is 20.4 Å². The maximum Gasteiger partial charge on any atom is 0.238 e. The Morgan fingerprint density at radius 3 is 1.50 bits per heavy atom. The van der Waals surface area contributed by atoms with Crippen LogP contribution in [0.4, 0.5) is 0 Å². The number of fused-ring (bicyclic) bond motifs is 3. The molecule has 94 valence electrons. The van der Waals surface area contributed by atoms with E-state index in [0.29, 0.717) is 0 Å². The average Bonchev–Trinajstić information content (AvgIpc) is 2.18. The van der Waals surface area contributed by atoms with E-state index in [1.807, 2.05) is 0 Å². The van der Waals surface area contributed by atoms with Crippen molar-refractivity contribution in [3.05, 3.63) is 10.1 Å². The molecule has 0 aromatic heterocycles. The van der Waals surface area contributed by atoms with Gasteiger partial charge in [-0.3, -0.25) is 10.1 Å². The van der Waals surface area contributed by atoms with Gasteiger partial charge in [0.2, 0.25) is 5.54 Å². The highest BCUT2D eigenvalue weighted by molar-refractivity contribution is 4.84. The van der Waals surface area contributed by atoms with Gasteiger partial charge in [-0.15, -0.1) is 10.2 Å². The number of hydrogen-bond donors (Lipinski definition) is 1. The fraction of sp³-hybridized carbons (Fsp3) is 1.00. The molecule has 3 fully saturated rings. The second-order valence-corrected chi connectivity index (χ2v) is 4.87. The van der Waals surface area contributed by atoms with E-state index in [0.717, 1.165) is 38.9 Å². The predicted molar refractivity (Wildman–Crippen MR) is 39.1 cm³/mol. The summed E-state index contributed by atoms with van der Waals surface area (Å²) in [5.74, 6) is 0. The van der Waals surface area contributed by atoms with Crippen LogP contribution in [0.2, 0.25) is 0 Å². The van der Waals surface area contributed by atoms with Gasteiger partial charge < -0.3 is 4.90 Å². The van der Waals surface area contributed by atoms with E-state index in [1.165, 1.54) is 0 Å². The molecule has 0 unspecified atom stereocenters. The minimum Gasteiger partial charge on any atom is -0.334 e. The van der Waals surface area contributed by atoms with E-state index in [-0.39, 0.29) is 4.92 Å². The molecule has 0 aliphatic carbocycles. The molecule has 0 saturated carbocycles. The fourth-order valence-corrected chi connectivity index (χ4v) is 2.25. The summed E-state index contributed by atoms with van der Waals surface area (Å²) in [6.45, 7) is 3.04. The number of halogens is 1. The zero-order valence-electron chi connectivity index (χ0n) is 8.52. The van der Waals surface area contributed by atoms with Crippen LogP contribution >= 0.6 is 0 Å². The monoisotopic (exact) mass is 256 g/mol. The molecule has 16 heavy (non-hydrogen) atoms. The van der Waals surface area contributed by atoms with Crippen molar-refractivity contribution in [2.24, 2.45) is 0 Å². The Morgan fingerprint density at radius 2 is 1.31 bits per heavy atom. The van der Waals surface area contributed by atoms with E-state index < -0.39 is 15.8 Å². The maximum absolute atomic E-state index is 10.7. The van der Waals surface area contributed by atoms with Crippen LogP contribution in [-0.2, 0) is 0 Å². The van der Waals surface area contributed by atoms with Crippen molar-refractivity contribution in [2.75, 3.05) is 19.6 Å². The Morgan fingerprint density at radius 1 is 1.00 bits per heavy atom. The first kappa shape index (κ1) is 13.6. The quantitative estimate of drug-likeness (QED) is 0.366. The van der Waals surface area contributed by atoms with Crippen molar-refractivity contribution in [3.8, 4) is 0 Å². The summed E-state index contributed by atoms with van der Waals surface area (Å²) in [5.41, 5.74) is -0.512. The van der Waals surface area contributed by atoms with Crippen LogP contribution in [0.15, 0.2) is 0 Å². The minimum atomic E-state index is -4.94. The van der Waals surface area contributed by atoms with Gasteiger partial charge in [-0.05, 0) is 0 Å². The third-order valence-electron chi connectivity index (χ3n) is 3.22. The molecule has 9 heteroatoms. The van der Waals surface area contributed by atoms with Crippen molar-refractivity contribution in [1.29, 1.82) is 0 Å². The van der Waals surface area contributed by atoms with E-state index in [2.05, 4.69) is 0 Å². The molecule has 0 aromatic rings. The van der Waals surface area contributed by atoms with Crippen LogP contribution < -0.4 is 23.5 Å². The van der Waals surface area contributed by atoms with Gasteiger partial charge >= 0.3 is 0 Å². The molecule has 2 bridgehead atoms. The lowest BCUT2D eigenvalue weighted by atomic mass is 9.81. The first-order chi connectivity index (χ1) is 7.23. The Hall–Kier alpha value is -0.510. The van der Waals surface area contributed by atoms with Gasteiger partial charge in [0, 0.05) is 4.92 Å². The number of rotatable bonds is 1. The summed E-state index contributed by atoms with van der Waals surface area (Å²) in [4.78, 5) is 12.3. The van der Waals surface area contributed by atoms with Crippen molar-refractivity contribution >= 4 is 0 Å². The maximum atomic E-state index is 10.7. The van der Waals surface area contributed by atoms with E-state index in [9.17, 15) is 10.1 Å². The summed E-state index contributed by atoms with van der Waals surface area (Å²) in [7, 11) is -4.94. The normalized spacial score (nSPS) is 32.9. The molecule has 0 atom stereocenters. The topological polar surface area (TPSA) is 140 Å². The molecular formula is C7H13ClN2O6. The second-order valence-electron chi connectivity index (χ2n) is 4.11. The van der Waals surface area contributed by atoms with Gasteiger partial charge in [-0.2, -0.15) is 0 Å². The predicted octanol–water partition coefficient (Wildman–Crippen LogP) is -5.67. The lowest BCUT2D eigenvalue weighted by Crippen LogP contribution is -3.16. The Kier molecular flexibility index (Phi) is 4.05. The SMILES string of the molecule is O=[N+]([O-])C12CC[NH+](CC1)CC2.[O-][Cl+3]([O-])([O-])[O-]. The van der Waals surface area contributed by atoms with Crippen LogP contribution in [0.3, 0.4) is 0 Å². The number of quaternary nitrogens is 1. The lowest BCUT2D eigenvalue weighted by molar-refractivity contribution is -2.00. The first-order valence-corrected chi connectivity index (χ1v) is 6.06. The van der Waals surface area contributed by atoms with Gasteiger partial charge in [-0.1, -0.05) is 0 Å². The van der Waals surface area contributed by atoms with E-state index in [4.69, 9.17) is 18.6 Å². The summed E-state index contributed by atoms with van der Waals surface area (Å²) in [6.07, 6.45) is 2.40. The van der Waals surface area contributed by atoms with E-state index >= 15 is 0 Å². The summed E-state index contributed by atoms with van der Waals surface area (Å²) in [5, 5.41) is 10.7. The first-order valence-electron chi connectivity index (χ1n) is 4.83. The fourth-order valence-electron chi connectivity index (χ4n) is 2.25. The number of piperidine rings is 3. The Bertz CT molecular complexity index is 240. The number of nitrogens with zero attached hydrogens (tertiary/aromatic N) is 1. The molecule has 3 heterocycles. The largest absolute Gasteiger partial charge is 0.334 e. The number of hydrogen-bond acceptors (Lipinski definition) is 6. The number of nitro groups is 1. The third-order valence-corrected chi connectivity index (χ3v) is 3.22. The van der Waals surface area contributed by atoms with Crippen molar-refractivity contribution < 1.29 is 38.7 Å². The molecule has 0 spiro atoms. The molecule has 0 radical (unpaired) electrons. The van der Waals surface area contributed by atoms with Gasteiger partial charge in [0.15, 0.2) is 0 Å². The molecule has 0 aromatic carbocycles. The smallest absolute Gasteiger partial charge is 0.238 e. The molecule has 0 amide bonds. The number of nitrogens with one attached hydrogen (secondary N) is 1. The molecule has 8 nitrogen and oxygen atoms in total. The van der Waals surface area contributed by atoms with E-state index in [1.54, 1.807) is 4.90 Å². The summed E-state index contributed by atoms with van der Waals surface area (Å²) in [6, 6.07) is 0. The Labute approximate surface area is 94.0 Å². The standard InChI is InChI=1S/C7H12N2O2.ClHO4/c10-9(11)7-1-4-8(5-2-7)6-3-7;2-1(3,4)5/h1-6H2;(H,2,3,4,5). The third kappa shape index (κ3) is 3.81. The van der Waals surface area contributed by atoms with Gasteiger partial charge in [-0.25, -0.2) is 18.6 Å². The highest BCUT2D eigenvalue weighted by Gasteiger charge is 2.51. The molecule has 3 rings (SSSR count). The molecule has 3 saturated heterocycles. The van der Waals surface area contributed by atoms with Gasteiger partial charge in [0.25, 0.3) is 0 Å². The summed E-state index contributed by atoms with van der Waals surface area (Å²) >= 11 is 0. The molecule has 3 aliphatic rings. The highest BCUT2D eigenvalue weighted by atomic mass is 35.7. The Balaban J connectivity index is 0.000000221. The van der Waals surface area contributed by atoms with Gasteiger partial charge in [0.05, 0.1) is 38.9 Å². The molecule has 3 aliphatic heterocycles. The van der Waals surface area contributed by atoms with Crippen LogP contribution in [0.5, 0.6) is 0 Å². The van der Waals surface area contributed by atoms with Crippen molar-refractivity contribution in [1.82, 2.24) is 0 Å². The molecular weight excluding hydrogens is 244 g/mol. The molecule has 1 N–H and O–H groups in total. The zero-order valence-corrected chi connectivity index (χ0v) is 9.27. The van der Waals surface area contributed by atoms with Crippen molar-refractivity contribution in [3.63, 3.8) is 0 Å². The van der Waals surface area contributed by atoms with Crippen LogP contribution in [0.25, 0.3) is 0 Å². The lowest BCUT2D eigenvalue weighted by Gasteiger charge is -2.39. The van der Waals surface area contributed by atoms with Crippen molar-refractivity contribution in [2.45, 2.75) is 24.8 Å². The highest BCUT2D eigenvalue weighted by Crippen LogP contribution is 2.26. The van der Waals surface area contributed by atoms with Crippen LogP contribution in [0.1, 0.15) is 19.3 Å². The van der Waals surface area contributed by atoms with Crippen LogP contribution in [-0.4, -0.2) is 30.1 Å². The zero-order chi connectivity index (χ0) is 12.4.